The molecule has 0 bridgehead atoms. The van der Waals surface area contributed by atoms with E-state index in [9.17, 15) is 4.79 Å². The predicted molar refractivity (Wildman–Crippen MR) is 108 cm³/mol. The van der Waals surface area contributed by atoms with Gasteiger partial charge in [0.15, 0.2) is 0 Å². The van der Waals surface area contributed by atoms with Gasteiger partial charge in [0.05, 0.1) is 0 Å². The van der Waals surface area contributed by atoms with Crippen LogP contribution in [0.2, 0.25) is 0 Å². The zero-order valence-corrected chi connectivity index (χ0v) is 18.2. The summed E-state index contributed by atoms with van der Waals surface area (Å²) in [6, 6.07) is 8.64. The molecule has 4 nitrogen and oxygen atoms in total. The third-order valence-corrected chi connectivity index (χ3v) is 4.36. The van der Waals surface area contributed by atoms with Crippen molar-refractivity contribution in [1.29, 1.82) is 0 Å². The first-order valence-electron chi connectivity index (χ1n) is 8.93. The molecule has 0 saturated heterocycles. The third kappa shape index (κ3) is 7.78. The molecule has 0 aliphatic carbocycles. The summed E-state index contributed by atoms with van der Waals surface area (Å²) in [4.78, 5) is 14.3. The number of hydrogen-bond donors (Lipinski definition) is 1. The summed E-state index contributed by atoms with van der Waals surface area (Å²) in [6.07, 6.45) is 0.724. The van der Waals surface area contributed by atoms with Crippen LogP contribution in [0.3, 0.4) is 0 Å². The number of carbonyl (C=O) groups is 1. The van der Waals surface area contributed by atoms with Gasteiger partial charge < -0.3 is 15.0 Å². The maximum Gasteiger partial charge on any atom is 0.410 e. The molecule has 0 radical (unpaired) electrons. The maximum absolute atomic E-state index is 12.5. The molecule has 0 aromatic heterocycles. The van der Waals surface area contributed by atoms with Gasteiger partial charge in [-0.2, -0.15) is 0 Å². The van der Waals surface area contributed by atoms with Crippen LogP contribution in [0.25, 0.3) is 0 Å². The maximum atomic E-state index is 12.5. The lowest BCUT2D eigenvalue weighted by molar-refractivity contribution is 0.00646. The van der Waals surface area contributed by atoms with E-state index in [4.69, 9.17) is 4.74 Å². The quantitative estimate of drug-likeness (QED) is 0.667. The minimum Gasteiger partial charge on any atom is -0.444 e. The van der Waals surface area contributed by atoms with Crippen molar-refractivity contribution >= 4 is 22.0 Å². The Labute approximate surface area is 161 Å². The lowest BCUT2D eigenvalue weighted by atomic mass is 10.0. The Morgan fingerprint density at radius 2 is 1.72 bits per heavy atom. The normalized spacial score (nSPS) is 13.4. The Morgan fingerprint density at radius 3 is 2.16 bits per heavy atom. The smallest absolute Gasteiger partial charge is 0.410 e. The van der Waals surface area contributed by atoms with Crippen LogP contribution in [0.15, 0.2) is 28.7 Å². The largest absolute Gasteiger partial charge is 0.444 e. The molecule has 1 aromatic rings. The number of benzene rings is 1. The van der Waals surface area contributed by atoms with Gasteiger partial charge in [0.1, 0.15) is 5.60 Å². The van der Waals surface area contributed by atoms with Crippen LogP contribution in [0.4, 0.5) is 4.79 Å². The number of hydrogen-bond acceptors (Lipinski definition) is 3. The fourth-order valence-electron chi connectivity index (χ4n) is 2.56. The molecule has 1 unspecified atom stereocenters. The van der Waals surface area contributed by atoms with E-state index < -0.39 is 5.60 Å². The van der Waals surface area contributed by atoms with Crippen molar-refractivity contribution in [3.05, 3.63) is 34.3 Å². The average molecular weight is 413 g/mol. The molecule has 25 heavy (non-hydrogen) atoms. The van der Waals surface area contributed by atoms with Gasteiger partial charge in [-0.05, 0) is 65.7 Å². The van der Waals surface area contributed by atoms with Gasteiger partial charge in [-0.3, -0.25) is 0 Å². The molecule has 1 rings (SSSR count). The Hall–Kier alpha value is -1.07. The lowest BCUT2D eigenvalue weighted by Gasteiger charge is -2.37. The van der Waals surface area contributed by atoms with E-state index in [1.807, 2.05) is 41.5 Å². The zero-order valence-electron chi connectivity index (χ0n) is 16.6. The first kappa shape index (κ1) is 22.0. The van der Waals surface area contributed by atoms with Gasteiger partial charge in [-0.1, -0.05) is 35.0 Å². The molecule has 0 heterocycles. The van der Waals surface area contributed by atoms with Gasteiger partial charge in [0, 0.05) is 29.1 Å². The molecule has 0 spiro atoms. The molecule has 5 heteroatoms. The first-order valence-corrected chi connectivity index (χ1v) is 9.73. The van der Waals surface area contributed by atoms with Gasteiger partial charge in [-0.25, -0.2) is 4.79 Å². The first-order chi connectivity index (χ1) is 11.4. The highest BCUT2D eigenvalue weighted by Crippen LogP contribution is 2.21. The summed E-state index contributed by atoms with van der Waals surface area (Å²) in [5.74, 6) is 0. The summed E-state index contributed by atoms with van der Waals surface area (Å²) in [5, 5.41) is 3.56. The van der Waals surface area contributed by atoms with E-state index in [2.05, 4.69) is 52.4 Å². The standard InChI is InChI=1S/C20H33BrN2O2/c1-8-17(15-9-11-16(21)12-10-15)22-13-14-23(19(2,3)4)18(24)25-20(5,6)7/h9-12,17,22H,8,13-14H2,1-7H3. The monoisotopic (exact) mass is 412 g/mol. The molecule has 1 aromatic carbocycles. The minimum atomic E-state index is -0.489. The summed E-state index contributed by atoms with van der Waals surface area (Å²) < 4.78 is 6.64. The SMILES string of the molecule is CCC(NCCN(C(=O)OC(C)(C)C)C(C)(C)C)c1ccc(Br)cc1. The third-order valence-electron chi connectivity index (χ3n) is 3.83. The van der Waals surface area contributed by atoms with E-state index in [-0.39, 0.29) is 17.7 Å². The highest BCUT2D eigenvalue weighted by molar-refractivity contribution is 9.10. The molecule has 1 atom stereocenters. The van der Waals surface area contributed by atoms with Crippen molar-refractivity contribution in [3.8, 4) is 0 Å². The summed E-state index contributed by atoms with van der Waals surface area (Å²) in [5.41, 5.74) is 0.478. The number of nitrogens with one attached hydrogen (secondary N) is 1. The number of halogens is 1. The molecule has 0 fully saturated rings. The van der Waals surface area contributed by atoms with Crippen LogP contribution in [0.1, 0.15) is 66.5 Å². The van der Waals surface area contributed by atoms with Crippen molar-refractivity contribution in [2.45, 2.75) is 72.1 Å². The molecular formula is C20H33BrN2O2. The lowest BCUT2D eigenvalue weighted by Crippen LogP contribution is -2.50. The Bertz CT molecular complexity index is 544. The predicted octanol–water partition coefficient (Wildman–Crippen LogP) is 5.53. The molecule has 0 aliphatic heterocycles. The Morgan fingerprint density at radius 1 is 1.16 bits per heavy atom. The van der Waals surface area contributed by atoms with Gasteiger partial charge in [0.2, 0.25) is 0 Å². The molecule has 142 valence electrons. The number of amides is 1. The van der Waals surface area contributed by atoms with Crippen molar-refractivity contribution in [3.63, 3.8) is 0 Å². The van der Waals surface area contributed by atoms with Crippen molar-refractivity contribution in [2.24, 2.45) is 0 Å². The fraction of sp³-hybridized carbons (Fsp3) is 0.650. The van der Waals surface area contributed by atoms with Gasteiger partial charge in [-0.15, -0.1) is 0 Å². The number of carbonyl (C=O) groups excluding carboxylic acids is 1. The average Bonchev–Trinajstić information content (AvgIpc) is 2.45. The molecule has 1 N–H and O–H groups in total. The molecule has 0 saturated carbocycles. The van der Waals surface area contributed by atoms with Crippen molar-refractivity contribution in [1.82, 2.24) is 10.2 Å². The summed E-state index contributed by atoms with van der Waals surface area (Å²) >= 11 is 3.47. The van der Waals surface area contributed by atoms with E-state index in [0.29, 0.717) is 13.1 Å². The number of ether oxygens (including phenoxy) is 1. The van der Waals surface area contributed by atoms with E-state index in [1.54, 1.807) is 4.90 Å². The van der Waals surface area contributed by atoms with Gasteiger partial charge >= 0.3 is 6.09 Å². The number of rotatable bonds is 6. The number of nitrogens with zero attached hydrogens (tertiary/aromatic N) is 1. The molecule has 1 amide bonds. The minimum absolute atomic E-state index is 0.265. The topological polar surface area (TPSA) is 41.6 Å². The van der Waals surface area contributed by atoms with Crippen LogP contribution in [-0.4, -0.2) is 35.2 Å². The van der Waals surface area contributed by atoms with E-state index in [0.717, 1.165) is 10.9 Å². The van der Waals surface area contributed by atoms with Crippen molar-refractivity contribution in [2.75, 3.05) is 13.1 Å². The van der Waals surface area contributed by atoms with E-state index in [1.165, 1.54) is 5.56 Å². The zero-order chi connectivity index (χ0) is 19.3. The Balaban J connectivity index is 2.69. The highest BCUT2D eigenvalue weighted by atomic mass is 79.9. The molecule has 0 aliphatic rings. The fourth-order valence-corrected chi connectivity index (χ4v) is 2.83. The second-order valence-electron chi connectivity index (χ2n) is 8.27. The molecular weight excluding hydrogens is 380 g/mol. The van der Waals surface area contributed by atoms with Crippen LogP contribution in [-0.2, 0) is 4.74 Å². The van der Waals surface area contributed by atoms with Gasteiger partial charge in [0.25, 0.3) is 0 Å². The second kappa shape index (κ2) is 9.04. The van der Waals surface area contributed by atoms with Crippen LogP contribution >= 0.6 is 15.9 Å². The van der Waals surface area contributed by atoms with Crippen LogP contribution in [0, 0.1) is 0 Å². The Kier molecular flexibility index (Phi) is 7.94. The summed E-state index contributed by atoms with van der Waals surface area (Å²) in [6.45, 7) is 15.3. The van der Waals surface area contributed by atoms with Crippen LogP contribution < -0.4 is 5.32 Å². The highest BCUT2D eigenvalue weighted by Gasteiger charge is 2.30. The summed E-state index contributed by atoms with van der Waals surface area (Å²) in [7, 11) is 0. The second-order valence-corrected chi connectivity index (χ2v) is 9.18. The van der Waals surface area contributed by atoms with Crippen molar-refractivity contribution < 1.29 is 9.53 Å². The van der Waals surface area contributed by atoms with E-state index >= 15 is 0 Å². The van der Waals surface area contributed by atoms with Crippen LogP contribution in [0.5, 0.6) is 0 Å².